The predicted octanol–water partition coefficient (Wildman–Crippen LogP) is 5.07. The Morgan fingerprint density at radius 1 is 1.06 bits per heavy atom. The zero-order chi connectivity index (χ0) is 25.0. The molecular weight excluding hydrogens is 501 g/mol. The lowest BCUT2D eigenvalue weighted by molar-refractivity contribution is -0.120. The highest BCUT2D eigenvalue weighted by Gasteiger charge is 2.48. The molecule has 1 aromatic carbocycles. The lowest BCUT2D eigenvalue weighted by atomic mass is 9.93. The molecule has 2 aliphatic rings. The van der Waals surface area contributed by atoms with Gasteiger partial charge in [0.1, 0.15) is 5.82 Å². The van der Waals surface area contributed by atoms with Crippen molar-refractivity contribution in [2.45, 2.75) is 58.3 Å². The predicted molar refractivity (Wildman–Crippen MR) is 131 cm³/mol. The fourth-order valence-electron chi connectivity index (χ4n) is 4.20. The fraction of sp³-hybridized carbons (Fsp3) is 0.522. The topological polar surface area (TPSA) is 82.1 Å². The Morgan fingerprint density at radius 3 is 2.03 bits per heavy atom. The van der Waals surface area contributed by atoms with Crippen LogP contribution in [0.15, 0.2) is 23.3 Å². The molecular formula is C23H29ClFNO6SSi. The van der Waals surface area contributed by atoms with Gasteiger partial charge in [-0.15, -0.1) is 0 Å². The van der Waals surface area contributed by atoms with Gasteiger partial charge in [-0.05, 0) is 65.5 Å². The van der Waals surface area contributed by atoms with E-state index in [1.165, 1.54) is 6.07 Å². The monoisotopic (exact) mass is 529 g/mol. The molecule has 0 saturated heterocycles. The van der Waals surface area contributed by atoms with Gasteiger partial charge in [-0.2, -0.15) is 0 Å². The fourth-order valence-corrected chi connectivity index (χ4v) is 8.78. The van der Waals surface area contributed by atoms with Crippen molar-refractivity contribution in [3.63, 3.8) is 0 Å². The van der Waals surface area contributed by atoms with Crippen LogP contribution in [0.3, 0.4) is 0 Å². The highest BCUT2D eigenvalue weighted by molar-refractivity contribution is 8.15. The Morgan fingerprint density at radius 2 is 1.56 bits per heavy atom. The summed E-state index contributed by atoms with van der Waals surface area (Å²) in [5, 5.41) is -0.578. The van der Waals surface area contributed by atoms with E-state index in [1.807, 2.05) is 20.8 Å². The number of amides is 2. The van der Waals surface area contributed by atoms with Crippen molar-refractivity contribution in [2.24, 2.45) is 0 Å². The van der Waals surface area contributed by atoms with Crippen LogP contribution in [-0.4, -0.2) is 50.4 Å². The highest BCUT2D eigenvalue weighted by Crippen LogP contribution is 2.39. The van der Waals surface area contributed by atoms with E-state index in [2.05, 4.69) is 0 Å². The van der Waals surface area contributed by atoms with Gasteiger partial charge in [0, 0.05) is 36.5 Å². The molecule has 0 radical (unpaired) electrons. The molecule has 7 nitrogen and oxygen atoms in total. The van der Waals surface area contributed by atoms with Crippen LogP contribution in [0.25, 0.3) is 0 Å². The molecule has 0 fully saturated rings. The second kappa shape index (κ2) is 11.4. The molecule has 0 bridgehead atoms. The molecule has 1 atom stereocenters. The highest BCUT2D eigenvalue weighted by atomic mass is 35.5. The number of hydrogen-bond acceptors (Lipinski definition) is 7. The number of thioether (sulfide) groups is 1. The second-order valence-corrected chi connectivity index (χ2v) is 12.9. The Balaban J connectivity index is 1.91. The maximum atomic E-state index is 14.9. The molecule has 1 unspecified atom stereocenters. The lowest BCUT2D eigenvalue weighted by Crippen LogP contribution is -2.54. The molecule has 1 aromatic rings. The number of hydrogen-bond donors (Lipinski definition) is 0. The Labute approximate surface area is 209 Å². The van der Waals surface area contributed by atoms with E-state index < -0.39 is 36.4 Å². The minimum absolute atomic E-state index is 0.00668. The van der Waals surface area contributed by atoms with Crippen molar-refractivity contribution in [3.05, 3.63) is 39.7 Å². The molecule has 0 saturated carbocycles. The van der Waals surface area contributed by atoms with Crippen molar-refractivity contribution >= 4 is 54.8 Å². The minimum Gasteiger partial charge on any atom is -0.373 e. The molecule has 1 aliphatic carbocycles. The SMILES string of the molecule is CCO[Si](OCC)(OCC)C(C)SC(=O)c1cc(N2C(=O)C3=C(CCCC3)C2=O)c(F)cc1Cl. The number of carbonyl (C=O) groups excluding carboxylic acids is 3. The maximum Gasteiger partial charge on any atom is 0.514 e. The number of benzene rings is 1. The summed E-state index contributed by atoms with van der Waals surface area (Å²) < 4.78 is 32.5. The number of halogens is 2. The third-order valence-corrected chi connectivity index (χ3v) is 11.1. The van der Waals surface area contributed by atoms with E-state index in [1.54, 1.807) is 6.92 Å². The summed E-state index contributed by atoms with van der Waals surface area (Å²) in [6.07, 6.45) is 2.59. The average Bonchev–Trinajstić information content (AvgIpc) is 3.04. The Kier molecular flexibility index (Phi) is 9.10. The summed E-state index contributed by atoms with van der Waals surface area (Å²) in [5.41, 5.74) is 0.589. The number of nitrogens with zero attached hydrogens (tertiary/aromatic N) is 1. The number of rotatable bonds is 10. The maximum absolute atomic E-state index is 14.9. The summed E-state index contributed by atoms with van der Waals surface area (Å²) in [6.45, 7) is 8.29. The third-order valence-electron chi connectivity index (χ3n) is 5.71. The Bertz CT molecular complexity index is 974. The van der Waals surface area contributed by atoms with Crippen molar-refractivity contribution in [3.8, 4) is 0 Å². The van der Waals surface area contributed by atoms with Gasteiger partial charge < -0.3 is 13.3 Å². The van der Waals surface area contributed by atoms with Crippen LogP contribution in [0.5, 0.6) is 0 Å². The standard InChI is InChI=1S/C23H29ClFNO6SSi/c1-5-30-34(31-6-2,32-7-3)14(4)33-23(29)17-12-20(19(25)13-18(17)24)26-21(27)15-10-8-9-11-16(15)22(26)28/h12-14H,5-11H2,1-4H3. The molecule has 0 aromatic heterocycles. The first-order valence-electron chi connectivity index (χ1n) is 11.4. The van der Waals surface area contributed by atoms with E-state index in [0.717, 1.165) is 35.6 Å². The first-order chi connectivity index (χ1) is 16.2. The van der Waals surface area contributed by atoms with E-state index in [0.29, 0.717) is 43.8 Å². The summed E-state index contributed by atoms with van der Waals surface area (Å²) >= 11 is 7.14. The smallest absolute Gasteiger partial charge is 0.373 e. The minimum atomic E-state index is -3.21. The molecule has 2 amide bonds. The van der Waals surface area contributed by atoms with Gasteiger partial charge in [0.25, 0.3) is 11.8 Å². The molecule has 186 valence electrons. The summed E-state index contributed by atoms with van der Waals surface area (Å²) in [5.74, 6) is -1.91. The molecule has 3 rings (SSSR count). The molecule has 0 spiro atoms. The number of imide groups is 1. The molecule has 11 heteroatoms. The molecule has 1 aliphatic heterocycles. The number of carbonyl (C=O) groups is 3. The van der Waals surface area contributed by atoms with Gasteiger partial charge in [0.2, 0.25) is 5.12 Å². The number of anilines is 1. The van der Waals surface area contributed by atoms with Crippen molar-refractivity contribution < 1.29 is 32.1 Å². The first kappa shape index (κ1) is 27.0. The Hall–Kier alpha value is -1.56. The van der Waals surface area contributed by atoms with Gasteiger partial charge in [-0.3, -0.25) is 14.4 Å². The largest absolute Gasteiger partial charge is 0.514 e. The van der Waals surface area contributed by atoms with E-state index >= 15 is 0 Å². The van der Waals surface area contributed by atoms with Gasteiger partial charge in [0.15, 0.2) is 0 Å². The van der Waals surface area contributed by atoms with Crippen LogP contribution in [0.2, 0.25) is 5.02 Å². The first-order valence-corrected chi connectivity index (χ1v) is 14.5. The van der Waals surface area contributed by atoms with Crippen molar-refractivity contribution in [1.82, 2.24) is 0 Å². The quantitative estimate of drug-likeness (QED) is 0.309. The van der Waals surface area contributed by atoms with Crippen LogP contribution >= 0.6 is 23.4 Å². The van der Waals surface area contributed by atoms with Gasteiger partial charge in [-0.25, -0.2) is 9.29 Å². The van der Waals surface area contributed by atoms with Gasteiger partial charge in [-0.1, -0.05) is 23.4 Å². The molecule has 0 N–H and O–H groups in total. The summed E-state index contributed by atoms with van der Waals surface area (Å²) in [6, 6.07) is 2.14. The zero-order valence-corrected chi connectivity index (χ0v) is 22.3. The zero-order valence-electron chi connectivity index (χ0n) is 19.7. The van der Waals surface area contributed by atoms with Crippen molar-refractivity contribution in [2.75, 3.05) is 24.7 Å². The van der Waals surface area contributed by atoms with Crippen LogP contribution in [0.4, 0.5) is 10.1 Å². The third kappa shape index (κ3) is 5.17. The van der Waals surface area contributed by atoms with Crippen molar-refractivity contribution in [1.29, 1.82) is 0 Å². The van der Waals surface area contributed by atoms with E-state index in [-0.39, 0.29) is 16.3 Å². The normalized spacial score (nSPS) is 17.4. The van der Waals surface area contributed by atoms with Crippen LogP contribution < -0.4 is 4.90 Å². The van der Waals surface area contributed by atoms with Crippen LogP contribution in [0.1, 0.15) is 63.7 Å². The molecule has 34 heavy (non-hydrogen) atoms. The van der Waals surface area contributed by atoms with Gasteiger partial charge in [0.05, 0.1) is 15.6 Å². The lowest BCUT2D eigenvalue weighted by Gasteiger charge is -2.32. The van der Waals surface area contributed by atoms with E-state index in [9.17, 15) is 18.8 Å². The second-order valence-electron chi connectivity index (χ2n) is 7.84. The average molecular weight is 530 g/mol. The van der Waals surface area contributed by atoms with E-state index in [4.69, 9.17) is 24.9 Å². The molecule has 1 heterocycles. The van der Waals surface area contributed by atoms with Crippen LogP contribution in [-0.2, 0) is 22.9 Å². The summed E-state index contributed by atoms with van der Waals surface area (Å²) in [7, 11) is -3.21. The van der Waals surface area contributed by atoms with Crippen LogP contribution in [0, 0.1) is 5.82 Å². The summed E-state index contributed by atoms with van der Waals surface area (Å²) in [4.78, 5) is 39.4. The van der Waals surface area contributed by atoms with Gasteiger partial charge >= 0.3 is 8.80 Å².